The second-order valence-electron chi connectivity index (χ2n) is 4.16. The van der Waals surface area contributed by atoms with Crippen LogP contribution in [0.2, 0.25) is 0 Å². The lowest BCUT2D eigenvalue weighted by Crippen LogP contribution is -2.51. The number of nitrogens with two attached hydrogens (primary N) is 1. The quantitative estimate of drug-likeness (QED) is 0.679. The minimum Gasteiger partial charge on any atom is -0.391 e. The summed E-state index contributed by atoms with van der Waals surface area (Å²) in [4.78, 5) is 12.9. The van der Waals surface area contributed by atoms with Crippen LogP contribution in [-0.2, 0) is 4.79 Å². The van der Waals surface area contributed by atoms with Gasteiger partial charge in [-0.15, -0.1) is 0 Å². The lowest BCUT2D eigenvalue weighted by atomic mass is 9.91. The van der Waals surface area contributed by atoms with E-state index in [0.29, 0.717) is 0 Å². The molecule has 1 rings (SSSR count). The number of likely N-dealkylation sites (N-methyl/N-ethyl adjacent to an activating group) is 1. The van der Waals surface area contributed by atoms with Crippen molar-refractivity contribution in [3.8, 4) is 0 Å². The summed E-state index contributed by atoms with van der Waals surface area (Å²) in [5.41, 5.74) is 5.23. The van der Waals surface area contributed by atoms with Crippen molar-refractivity contribution in [1.82, 2.24) is 4.90 Å². The number of carbonyl (C=O) groups excluding carboxylic acids is 1. The van der Waals surface area contributed by atoms with Gasteiger partial charge < -0.3 is 10.8 Å². The highest BCUT2D eigenvalue weighted by atomic mass is 16.3. The van der Waals surface area contributed by atoms with Crippen LogP contribution in [0.3, 0.4) is 0 Å². The van der Waals surface area contributed by atoms with Gasteiger partial charge in [0.05, 0.1) is 12.1 Å². The molecule has 3 atom stereocenters. The molecule has 3 unspecified atom stereocenters. The average molecular weight is 200 g/mol. The van der Waals surface area contributed by atoms with E-state index >= 15 is 0 Å². The molecule has 0 saturated heterocycles. The summed E-state index contributed by atoms with van der Waals surface area (Å²) >= 11 is 0. The molecule has 14 heavy (non-hydrogen) atoms. The summed E-state index contributed by atoms with van der Waals surface area (Å²) in [5, 5.41) is 9.78. The molecule has 0 aliphatic heterocycles. The molecule has 0 aromatic heterocycles. The molecule has 0 spiro atoms. The minimum absolute atomic E-state index is 0.0891. The molecule has 0 radical (unpaired) electrons. The van der Waals surface area contributed by atoms with Gasteiger partial charge in [0.2, 0.25) is 5.91 Å². The van der Waals surface area contributed by atoms with Crippen LogP contribution in [0.1, 0.15) is 32.6 Å². The Bertz CT molecular complexity index is 208. The van der Waals surface area contributed by atoms with Crippen LogP contribution in [0, 0.1) is 0 Å². The van der Waals surface area contributed by atoms with E-state index in [-0.39, 0.29) is 24.1 Å². The molecule has 0 aromatic carbocycles. The Labute approximate surface area is 85.1 Å². The van der Waals surface area contributed by atoms with Gasteiger partial charge in [-0.1, -0.05) is 12.8 Å². The highest BCUT2D eigenvalue weighted by Crippen LogP contribution is 2.23. The molecule has 4 heteroatoms. The SMILES string of the molecule is CC(C(N)=O)N(C)C1CCCCC1O. The Morgan fingerprint density at radius 3 is 2.57 bits per heavy atom. The Kier molecular flexibility index (Phi) is 3.89. The van der Waals surface area contributed by atoms with Gasteiger partial charge in [0.1, 0.15) is 0 Å². The zero-order valence-electron chi connectivity index (χ0n) is 8.94. The van der Waals surface area contributed by atoms with E-state index in [2.05, 4.69) is 0 Å². The van der Waals surface area contributed by atoms with Gasteiger partial charge in [0.25, 0.3) is 0 Å². The first-order valence-electron chi connectivity index (χ1n) is 5.23. The van der Waals surface area contributed by atoms with E-state index in [4.69, 9.17) is 5.73 Å². The molecule has 1 aliphatic carbocycles. The van der Waals surface area contributed by atoms with E-state index in [1.165, 1.54) is 0 Å². The van der Waals surface area contributed by atoms with Crippen LogP contribution in [0.25, 0.3) is 0 Å². The first-order chi connectivity index (χ1) is 6.54. The number of primary amides is 1. The topological polar surface area (TPSA) is 66.6 Å². The van der Waals surface area contributed by atoms with Crippen molar-refractivity contribution >= 4 is 5.91 Å². The maximum Gasteiger partial charge on any atom is 0.234 e. The number of aliphatic hydroxyl groups excluding tert-OH is 1. The summed E-state index contributed by atoms with van der Waals surface area (Å²) in [6.45, 7) is 1.78. The van der Waals surface area contributed by atoms with Gasteiger partial charge in [-0.2, -0.15) is 0 Å². The Balaban J connectivity index is 2.57. The molecular weight excluding hydrogens is 180 g/mol. The molecule has 3 N–H and O–H groups in total. The van der Waals surface area contributed by atoms with Crippen LogP contribution < -0.4 is 5.73 Å². The molecule has 4 nitrogen and oxygen atoms in total. The highest BCUT2D eigenvalue weighted by molar-refractivity contribution is 5.79. The first kappa shape index (κ1) is 11.5. The predicted octanol–water partition coefficient (Wildman–Crippen LogP) is 0.0955. The normalized spacial score (nSPS) is 30.3. The summed E-state index contributed by atoms with van der Waals surface area (Å²) in [7, 11) is 1.86. The monoisotopic (exact) mass is 200 g/mol. The smallest absolute Gasteiger partial charge is 0.234 e. The number of nitrogens with zero attached hydrogens (tertiary/aromatic N) is 1. The standard InChI is InChI=1S/C10H20N2O2/c1-7(10(11)14)12(2)8-5-3-4-6-9(8)13/h7-9,13H,3-6H2,1-2H3,(H2,11,14). The van der Waals surface area contributed by atoms with Crippen molar-refractivity contribution < 1.29 is 9.90 Å². The van der Waals surface area contributed by atoms with Crippen molar-refractivity contribution in [2.75, 3.05) is 7.05 Å². The van der Waals surface area contributed by atoms with Gasteiger partial charge in [-0.25, -0.2) is 0 Å². The fourth-order valence-electron chi connectivity index (χ4n) is 2.05. The lowest BCUT2D eigenvalue weighted by Gasteiger charge is -2.37. The Morgan fingerprint density at radius 1 is 1.50 bits per heavy atom. The van der Waals surface area contributed by atoms with Gasteiger partial charge in [0.15, 0.2) is 0 Å². The van der Waals surface area contributed by atoms with Gasteiger partial charge in [0, 0.05) is 6.04 Å². The van der Waals surface area contributed by atoms with Crippen LogP contribution in [0.15, 0.2) is 0 Å². The molecule has 82 valence electrons. The third-order valence-electron chi connectivity index (χ3n) is 3.24. The fraction of sp³-hybridized carbons (Fsp3) is 0.900. The summed E-state index contributed by atoms with van der Waals surface area (Å²) in [5.74, 6) is -0.328. The van der Waals surface area contributed by atoms with Crippen molar-refractivity contribution in [2.45, 2.75) is 50.8 Å². The van der Waals surface area contributed by atoms with E-state index in [0.717, 1.165) is 25.7 Å². The van der Waals surface area contributed by atoms with Crippen LogP contribution >= 0.6 is 0 Å². The van der Waals surface area contributed by atoms with Crippen molar-refractivity contribution in [2.24, 2.45) is 5.73 Å². The molecule has 1 fully saturated rings. The van der Waals surface area contributed by atoms with Crippen molar-refractivity contribution in [3.63, 3.8) is 0 Å². The second-order valence-corrected chi connectivity index (χ2v) is 4.16. The largest absolute Gasteiger partial charge is 0.391 e. The number of carbonyl (C=O) groups is 1. The molecule has 0 heterocycles. The number of rotatable bonds is 3. The first-order valence-corrected chi connectivity index (χ1v) is 5.23. The van der Waals surface area contributed by atoms with E-state index < -0.39 is 0 Å². The Morgan fingerprint density at radius 2 is 2.07 bits per heavy atom. The number of amides is 1. The average Bonchev–Trinajstić information content (AvgIpc) is 2.16. The maximum absolute atomic E-state index is 11.0. The number of aliphatic hydroxyl groups is 1. The number of hydrogen-bond donors (Lipinski definition) is 2. The third kappa shape index (κ3) is 2.45. The van der Waals surface area contributed by atoms with Crippen molar-refractivity contribution in [1.29, 1.82) is 0 Å². The fourth-order valence-corrected chi connectivity index (χ4v) is 2.05. The predicted molar refractivity (Wildman–Crippen MR) is 54.7 cm³/mol. The molecule has 1 aliphatic rings. The highest BCUT2D eigenvalue weighted by Gasteiger charge is 2.30. The van der Waals surface area contributed by atoms with E-state index in [1.54, 1.807) is 6.92 Å². The minimum atomic E-state index is -0.328. The molecule has 1 amide bonds. The molecule has 1 saturated carbocycles. The molecule has 0 aromatic rings. The van der Waals surface area contributed by atoms with E-state index in [1.807, 2.05) is 11.9 Å². The van der Waals surface area contributed by atoms with Crippen molar-refractivity contribution in [3.05, 3.63) is 0 Å². The summed E-state index contributed by atoms with van der Waals surface area (Å²) in [6.07, 6.45) is 3.68. The summed E-state index contributed by atoms with van der Waals surface area (Å²) in [6, 6.07) is -0.209. The second kappa shape index (κ2) is 4.75. The van der Waals surface area contributed by atoms with Gasteiger partial charge in [-0.05, 0) is 26.8 Å². The third-order valence-corrected chi connectivity index (χ3v) is 3.24. The zero-order valence-corrected chi connectivity index (χ0v) is 8.94. The van der Waals surface area contributed by atoms with Crippen LogP contribution in [-0.4, -0.2) is 41.1 Å². The number of hydrogen-bond acceptors (Lipinski definition) is 3. The maximum atomic E-state index is 11.0. The molecular formula is C10H20N2O2. The van der Waals surface area contributed by atoms with Crippen LogP contribution in [0.4, 0.5) is 0 Å². The van der Waals surface area contributed by atoms with Gasteiger partial charge in [-0.3, -0.25) is 9.69 Å². The Hall–Kier alpha value is -0.610. The lowest BCUT2D eigenvalue weighted by molar-refractivity contribution is -0.124. The molecule has 0 bridgehead atoms. The van der Waals surface area contributed by atoms with Crippen LogP contribution in [0.5, 0.6) is 0 Å². The zero-order chi connectivity index (χ0) is 10.7. The summed E-state index contributed by atoms with van der Waals surface area (Å²) < 4.78 is 0. The van der Waals surface area contributed by atoms with Gasteiger partial charge >= 0.3 is 0 Å². The van der Waals surface area contributed by atoms with E-state index in [9.17, 15) is 9.90 Å².